The molecular weight excluding hydrogens is 212 g/mol. The average molecular weight is 232 g/mol. The van der Waals surface area contributed by atoms with Crippen molar-refractivity contribution in [2.75, 3.05) is 13.1 Å². The minimum absolute atomic E-state index is 0.144. The lowest BCUT2D eigenvalue weighted by atomic mass is 9.83. The van der Waals surface area contributed by atoms with Crippen molar-refractivity contribution in [1.82, 2.24) is 4.90 Å². The maximum absolute atomic E-state index is 12.5. The van der Waals surface area contributed by atoms with E-state index in [9.17, 15) is 4.79 Å². The van der Waals surface area contributed by atoms with Gasteiger partial charge in [-0.05, 0) is 25.8 Å². The molecule has 1 atom stereocenters. The van der Waals surface area contributed by atoms with E-state index in [1.54, 1.807) is 0 Å². The molecule has 1 heterocycles. The summed E-state index contributed by atoms with van der Waals surface area (Å²) in [7, 11) is 0. The minimum atomic E-state index is -0.467. The molecule has 1 amide bonds. The summed E-state index contributed by atoms with van der Waals surface area (Å²) in [6, 6.07) is 10.1. The smallest absolute Gasteiger partial charge is 0.232 e. The van der Waals surface area contributed by atoms with Crippen LogP contribution in [0.25, 0.3) is 0 Å². The molecule has 1 aromatic rings. The molecule has 1 fully saturated rings. The summed E-state index contributed by atoms with van der Waals surface area (Å²) in [5.74, 6) is 0.177. The fourth-order valence-electron chi connectivity index (χ4n) is 2.35. The number of hydrogen-bond donors (Lipinski definition) is 1. The molecule has 0 aliphatic carbocycles. The summed E-state index contributed by atoms with van der Waals surface area (Å²) in [5, 5.41) is 0. The third kappa shape index (κ3) is 2.34. The van der Waals surface area contributed by atoms with Crippen molar-refractivity contribution in [3.05, 3.63) is 35.9 Å². The Hall–Kier alpha value is -1.35. The predicted molar refractivity (Wildman–Crippen MR) is 68.6 cm³/mol. The molecule has 1 aliphatic heterocycles. The summed E-state index contributed by atoms with van der Waals surface area (Å²) >= 11 is 0. The molecule has 1 aliphatic rings. The van der Waals surface area contributed by atoms with Gasteiger partial charge in [0.2, 0.25) is 5.91 Å². The summed E-state index contributed by atoms with van der Waals surface area (Å²) < 4.78 is 0. The minimum Gasteiger partial charge on any atom is -0.340 e. The highest BCUT2D eigenvalue weighted by Gasteiger charge is 2.36. The lowest BCUT2D eigenvalue weighted by molar-refractivity contribution is -0.135. The Morgan fingerprint density at radius 3 is 2.53 bits per heavy atom. The van der Waals surface area contributed by atoms with Crippen molar-refractivity contribution in [2.45, 2.75) is 31.7 Å². The monoisotopic (exact) mass is 232 g/mol. The summed E-state index contributed by atoms with van der Waals surface area (Å²) in [5.41, 5.74) is 6.44. The van der Waals surface area contributed by atoms with Crippen LogP contribution in [0.15, 0.2) is 30.3 Å². The fourth-order valence-corrected chi connectivity index (χ4v) is 2.35. The highest BCUT2D eigenvalue weighted by molar-refractivity contribution is 5.87. The Kier molecular flexibility index (Phi) is 3.20. The molecule has 0 saturated carbocycles. The van der Waals surface area contributed by atoms with Crippen LogP contribution in [-0.4, -0.2) is 29.9 Å². The van der Waals surface area contributed by atoms with Crippen LogP contribution in [-0.2, 0) is 10.2 Å². The van der Waals surface area contributed by atoms with Gasteiger partial charge in [0.05, 0.1) is 5.41 Å². The molecule has 92 valence electrons. The first-order chi connectivity index (χ1) is 8.01. The number of amides is 1. The van der Waals surface area contributed by atoms with Gasteiger partial charge in [0.1, 0.15) is 0 Å². The van der Waals surface area contributed by atoms with Gasteiger partial charge < -0.3 is 10.6 Å². The molecule has 0 aromatic heterocycles. The van der Waals surface area contributed by atoms with Crippen LogP contribution in [0.3, 0.4) is 0 Å². The Morgan fingerprint density at radius 1 is 1.35 bits per heavy atom. The molecule has 0 bridgehead atoms. The van der Waals surface area contributed by atoms with E-state index in [-0.39, 0.29) is 11.9 Å². The zero-order chi connectivity index (χ0) is 12.5. The molecule has 17 heavy (non-hydrogen) atoms. The molecule has 2 N–H and O–H groups in total. The standard InChI is InChI=1S/C14H20N2O/c1-14(2,11-6-4-3-5-7-11)13(17)16-9-8-12(15)10-16/h3-7,12H,8-10,15H2,1-2H3/t12-/m0/s1. The van der Waals surface area contributed by atoms with Gasteiger partial charge in [-0.15, -0.1) is 0 Å². The molecule has 1 aromatic carbocycles. The fraction of sp³-hybridized carbons (Fsp3) is 0.500. The van der Waals surface area contributed by atoms with E-state index in [0.717, 1.165) is 18.5 Å². The maximum atomic E-state index is 12.5. The molecule has 0 radical (unpaired) electrons. The van der Waals surface area contributed by atoms with Crippen molar-refractivity contribution in [2.24, 2.45) is 5.73 Å². The summed E-state index contributed by atoms with van der Waals surface area (Å²) in [6.07, 6.45) is 0.913. The van der Waals surface area contributed by atoms with Crippen LogP contribution >= 0.6 is 0 Å². The number of benzene rings is 1. The van der Waals surface area contributed by atoms with E-state index in [1.165, 1.54) is 0 Å². The van der Waals surface area contributed by atoms with E-state index >= 15 is 0 Å². The van der Waals surface area contributed by atoms with E-state index in [0.29, 0.717) is 6.54 Å². The predicted octanol–water partition coefficient (Wildman–Crippen LogP) is 1.52. The third-order valence-electron chi connectivity index (χ3n) is 3.54. The van der Waals surface area contributed by atoms with Crippen LogP contribution in [0.2, 0.25) is 0 Å². The normalized spacial score (nSPS) is 20.6. The Labute approximate surface area is 103 Å². The number of likely N-dealkylation sites (tertiary alicyclic amines) is 1. The molecule has 0 unspecified atom stereocenters. The number of carbonyl (C=O) groups excluding carboxylic acids is 1. The number of rotatable bonds is 2. The molecule has 3 heteroatoms. The van der Waals surface area contributed by atoms with Gasteiger partial charge >= 0.3 is 0 Å². The van der Waals surface area contributed by atoms with E-state index < -0.39 is 5.41 Å². The maximum Gasteiger partial charge on any atom is 0.232 e. The first kappa shape index (κ1) is 12.1. The summed E-state index contributed by atoms with van der Waals surface area (Å²) in [6.45, 7) is 5.44. The molecular formula is C14H20N2O. The molecule has 2 rings (SSSR count). The van der Waals surface area contributed by atoms with Gasteiger partial charge in [-0.25, -0.2) is 0 Å². The second-order valence-corrected chi connectivity index (χ2v) is 5.29. The van der Waals surface area contributed by atoms with E-state index in [4.69, 9.17) is 5.73 Å². The van der Waals surface area contributed by atoms with Gasteiger partial charge in [-0.2, -0.15) is 0 Å². The number of carbonyl (C=O) groups is 1. The summed E-state index contributed by atoms with van der Waals surface area (Å²) in [4.78, 5) is 14.4. The van der Waals surface area contributed by atoms with E-state index in [2.05, 4.69) is 0 Å². The number of hydrogen-bond acceptors (Lipinski definition) is 2. The second kappa shape index (κ2) is 4.49. The first-order valence-electron chi connectivity index (χ1n) is 6.12. The largest absolute Gasteiger partial charge is 0.340 e. The zero-order valence-corrected chi connectivity index (χ0v) is 10.5. The van der Waals surface area contributed by atoms with Gasteiger partial charge in [0.15, 0.2) is 0 Å². The van der Waals surface area contributed by atoms with Gasteiger partial charge in [0, 0.05) is 19.1 Å². The quantitative estimate of drug-likeness (QED) is 0.840. The van der Waals surface area contributed by atoms with Gasteiger partial charge in [-0.3, -0.25) is 4.79 Å². The van der Waals surface area contributed by atoms with Crippen molar-refractivity contribution >= 4 is 5.91 Å². The van der Waals surface area contributed by atoms with Crippen LogP contribution in [0, 0.1) is 0 Å². The van der Waals surface area contributed by atoms with Gasteiger partial charge in [-0.1, -0.05) is 30.3 Å². The SMILES string of the molecule is CC(C)(C(=O)N1CC[C@H](N)C1)c1ccccc1. The van der Waals surface area contributed by atoms with Crippen LogP contribution < -0.4 is 5.73 Å². The van der Waals surface area contributed by atoms with Crippen molar-refractivity contribution in [3.8, 4) is 0 Å². The van der Waals surface area contributed by atoms with Crippen molar-refractivity contribution in [1.29, 1.82) is 0 Å². The Balaban J connectivity index is 2.18. The van der Waals surface area contributed by atoms with Crippen LogP contribution in [0.1, 0.15) is 25.8 Å². The first-order valence-corrected chi connectivity index (χ1v) is 6.12. The molecule has 3 nitrogen and oxygen atoms in total. The topological polar surface area (TPSA) is 46.3 Å². The molecule has 0 spiro atoms. The van der Waals surface area contributed by atoms with Gasteiger partial charge in [0.25, 0.3) is 0 Å². The van der Waals surface area contributed by atoms with Crippen LogP contribution in [0.4, 0.5) is 0 Å². The highest BCUT2D eigenvalue weighted by atomic mass is 16.2. The number of nitrogens with two attached hydrogens (primary N) is 1. The second-order valence-electron chi connectivity index (χ2n) is 5.29. The lowest BCUT2D eigenvalue weighted by Gasteiger charge is -2.29. The van der Waals surface area contributed by atoms with Crippen molar-refractivity contribution < 1.29 is 4.79 Å². The average Bonchev–Trinajstić information content (AvgIpc) is 2.76. The number of nitrogens with zero attached hydrogens (tertiary/aromatic N) is 1. The Bertz CT molecular complexity index is 400. The highest BCUT2D eigenvalue weighted by Crippen LogP contribution is 2.27. The molecule has 1 saturated heterocycles. The lowest BCUT2D eigenvalue weighted by Crippen LogP contribution is -2.43. The Morgan fingerprint density at radius 2 is 2.00 bits per heavy atom. The van der Waals surface area contributed by atoms with Crippen molar-refractivity contribution in [3.63, 3.8) is 0 Å². The van der Waals surface area contributed by atoms with Crippen LogP contribution in [0.5, 0.6) is 0 Å². The zero-order valence-electron chi connectivity index (χ0n) is 10.5. The third-order valence-corrected chi connectivity index (χ3v) is 3.54. The van der Waals surface area contributed by atoms with E-state index in [1.807, 2.05) is 49.1 Å².